The van der Waals surface area contributed by atoms with Gasteiger partial charge in [0.15, 0.2) is 5.79 Å². The smallest absolute Gasteiger partial charge is 0.163 e. The van der Waals surface area contributed by atoms with Gasteiger partial charge in [-0.2, -0.15) is 0 Å². The minimum atomic E-state index is -0.481. The molecule has 0 saturated carbocycles. The summed E-state index contributed by atoms with van der Waals surface area (Å²) in [6.07, 6.45) is 0.0212. The Kier molecular flexibility index (Phi) is 27.1. The van der Waals surface area contributed by atoms with E-state index in [1.54, 1.807) is 0 Å². The van der Waals surface area contributed by atoms with Gasteiger partial charge in [0.25, 0.3) is 0 Å². The molecule has 0 aromatic rings. The van der Waals surface area contributed by atoms with Crippen molar-refractivity contribution >= 4 is 0 Å². The van der Waals surface area contributed by atoms with E-state index in [0.29, 0.717) is 52.8 Å². The van der Waals surface area contributed by atoms with Crippen LogP contribution in [0.15, 0.2) is 0 Å². The van der Waals surface area contributed by atoms with Crippen LogP contribution in [0.2, 0.25) is 0 Å². The van der Waals surface area contributed by atoms with Crippen LogP contribution in [-0.4, -0.2) is 64.7 Å². The van der Waals surface area contributed by atoms with Gasteiger partial charge in [-0.1, -0.05) is 41.5 Å². The number of hydrogen-bond donors (Lipinski definition) is 1. The molecule has 1 rings (SSSR count). The molecule has 1 aliphatic rings. The third-order valence-corrected chi connectivity index (χ3v) is 2.38. The van der Waals surface area contributed by atoms with Crippen molar-refractivity contribution in [2.45, 2.75) is 67.3 Å². The maximum atomic E-state index is 5.60. The molecule has 0 spiro atoms. The predicted molar refractivity (Wildman–Crippen MR) is 100 cm³/mol. The highest BCUT2D eigenvalue weighted by Crippen LogP contribution is 2.22. The van der Waals surface area contributed by atoms with E-state index in [1.807, 2.05) is 55.4 Å². The summed E-state index contributed by atoms with van der Waals surface area (Å²) in [7, 11) is 0. The minimum absolute atomic E-state index is 0.0212. The Hall–Kier alpha value is -0.240. The number of ether oxygens (including phenoxy) is 5. The van der Waals surface area contributed by atoms with Gasteiger partial charge in [-0.3, -0.25) is 0 Å². The van der Waals surface area contributed by atoms with E-state index in [2.05, 4.69) is 0 Å². The highest BCUT2D eigenvalue weighted by Gasteiger charge is 2.32. The Morgan fingerprint density at radius 3 is 1.71 bits per heavy atom. The van der Waals surface area contributed by atoms with Crippen molar-refractivity contribution < 1.29 is 23.7 Å². The largest absolute Gasteiger partial charge is 0.378 e. The van der Waals surface area contributed by atoms with Crippen molar-refractivity contribution in [3.05, 3.63) is 0 Å². The summed E-state index contributed by atoms with van der Waals surface area (Å²) < 4.78 is 27.0. The molecule has 0 aliphatic carbocycles. The van der Waals surface area contributed by atoms with Crippen LogP contribution < -0.4 is 5.73 Å². The van der Waals surface area contributed by atoms with E-state index in [9.17, 15) is 0 Å². The summed E-state index contributed by atoms with van der Waals surface area (Å²) in [4.78, 5) is 0. The SMILES string of the molecule is CC.CC.CC.CC1(C)OCC(COCCOCCOCCN)O1. The van der Waals surface area contributed by atoms with Gasteiger partial charge >= 0.3 is 0 Å². The average Bonchev–Trinajstić information content (AvgIpc) is 2.98. The van der Waals surface area contributed by atoms with Crippen molar-refractivity contribution in [2.75, 3.05) is 52.8 Å². The fourth-order valence-electron chi connectivity index (χ4n) is 1.58. The van der Waals surface area contributed by atoms with E-state index in [-0.39, 0.29) is 6.10 Å². The average molecular weight is 354 g/mol. The van der Waals surface area contributed by atoms with E-state index in [0.717, 1.165) is 0 Å². The van der Waals surface area contributed by atoms with Crippen LogP contribution >= 0.6 is 0 Å². The Morgan fingerprint density at radius 2 is 1.29 bits per heavy atom. The zero-order valence-corrected chi connectivity index (χ0v) is 17.4. The molecule has 1 heterocycles. The molecule has 2 N–H and O–H groups in total. The maximum Gasteiger partial charge on any atom is 0.163 e. The van der Waals surface area contributed by atoms with E-state index < -0.39 is 5.79 Å². The first-order valence-corrected chi connectivity index (χ1v) is 9.39. The van der Waals surface area contributed by atoms with Crippen LogP contribution in [0.5, 0.6) is 0 Å². The van der Waals surface area contributed by atoms with Crippen molar-refractivity contribution in [2.24, 2.45) is 5.73 Å². The third-order valence-electron chi connectivity index (χ3n) is 2.38. The highest BCUT2D eigenvalue weighted by molar-refractivity contribution is 4.70. The van der Waals surface area contributed by atoms with Crippen molar-refractivity contribution in [3.8, 4) is 0 Å². The maximum absolute atomic E-state index is 5.60. The zero-order chi connectivity index (χ0) is 19.3. The first-order valence-electron chi connectivity index (χ1n) is 9.39. The lowest BCUT2D eigenvalue weighted by molar-refractivity contribution is -0.145. The topological polar surface area (TPSA) is 72.2 Å². The van der Waals surface area contributed by atoms with Gasteiger partial charge in [0.05, 0.1) is 46.2 Å². The summed E-state index contributed by atoms with van der Waals surface area (Å²) in [6, 6.07) is 0. The molecule has 1 aliphatic heterocycles. The molecule has 150 valence electrons. The number of rotatable bonds is 10. The van der Waals surface area contributed by atoms with Gasteiger partial charge in [0.1, 0.15) is 6.10 Å². The first kappa shape index (κ1) is 28.6. The summed E-state index contributed by atoms with van der Waals surface area (Å²) in [6.45, 7) is 20.3. The molecule has 24 heavy (non-hydrogen) atoms. The summed E-state index contributed by atoms with van der Waals surface area (Å²) >= 11 is 0. The molecule has 6 nitrogen and oxygen atoms in total. The van der Waals surface area contributed by atoms with Gasteiger partial charge in [0, 0.05) is 6.54 Å². The van der Waals surface area contributed by atoms with Crippen LogP contribution in [0, 0.1) is 0 Å². The molecule has 1 saturated heterocycles. The van der Waals surface area contributed by atoms with Gasteiger partial charge in [-0.15, -0.1) is 0 Å². The second-order valence-corrected chi connectivity index (χ2v) is 4.54. The molecule has 0 radical (unpaired) electrons. The number of nitrogens with two attached hydrogens (primary N) is 1. The lowest BCUT2D eigenvalue weighted by Gasteiger charge is -2.17. The lowest BCUT2D eigenvalue weighted by atomic mass is 10.4. The first-order chi connectivity index (χ1) is 11.6. The minimum Gasteiger partial charge on any atom is -0.378 e. The molecular formula is C18H43NO5. The van der Waals surface area contributed by atoms with Crippen LogP contribution in [0.4, 0.5) is 0 Å². The molecule has 0 aromatic carbocycles. The van der Waals surface area contributed by atoms with Crippen LogP contribution in [0.1, 0.15) is 55.4 Å². The van der Waals surface area contributed by atoms with Gasteiger partial charge < -0.3 is 29.4 Å². The Balaban J connectivity index is -0.000000659. The summed E-state index contributed by atoms with van der Waals surface area (Å²) in [5.41, 5.74) is 5.28. The fraction of sp³-hybridized carbons (Fsp3) is 1.00. The van der Waals surface area contributed by atoms with Crippen LogP contribution in [0.25, 0.3) is 0 Å². The quantitative estimate of drug-likeness (QED) is 0.608. The highest BCUT2D eigenvalue weighted by atomic mass is 16.7. The lowest BCUT2D eigenvalue weighted by Crippen LogP contribution is -2.24. The van der Waals surface area contributed by atoms with E-state index in [1.165, 1.54) is 0 Å². The normalized spacial score (nSPS) is 17.6. The van der Waals surface area contributed by atoms with Gasteiger partial charge in [0.2, 0.25) is 0 Å². The van der Waals surface area contributed by atoms with Gasteiger partial charge in [-0.05, 0) is 13.8 Å². The Morgan fingerprint density at radius 1 is 0.833 bits per heavy atom. The fourth-order valence-corrected chi connectivity index (χ4v) is 1.58. The Labute approximate surface area is 150 Å². The Bertz CT molecular complexity index is 216. The second kappa shape index (κ2) is 22.8. The van der Waals surface area contributed by atoms with E-state index >= 15 is 0 Å². The summed E-state index contributed by atoms with van der Waals surface area (Å²) in [5, 5.41) is 0. The second-order valence-electron chi connectivity index (χ2n) is 4.54. The van der Waals surface area contributed by atoms with E-state index in [4.69, 9.17) is 29.4 Å². The molecule has 0 bridgehead atoms. The third kappa shape index (κ3) is 19.8. The molecule has 1 unspecified atom stereocenters. The molecule has 6 heteroatoms. The summed E-state index contributed by atoms with van der Waals surface area (Å²) in [5.74, 6) is -0.481. The van der Waals surface area contributed by atoms with Crippen molar-refractivity contribution in [1.82, 2.24) is 0 Å². The standard InChI is InChI=1S/C12H25NO5.3C2H6/c1-12(2)17-10-11(18-12)9-16-8-7-15-6-5-14-4-3-13;3*1-2/h11H,3-10,13H2,1-2H3;3*1-2H3. The molecule has 1 atom stereocenters. The predicted octanol–water partition coefficient (Wildman–Crippen LogP) is 3.23. The molecular weight excluding hydrogens is 310 g/mol. The zero-order valence-electron chi connectivity index (χ0n) is 17.4. The molecule has 0 aromatic heterocycles. The van der Waals surface area contributed by atoms with Gasteiger partial charge in [-0.25, -0.2) is 0 Å². The molecule has 1 fully saturated rings. The molecule has 0 amide bonds. The van der Waals surface area contributed by atoms with Crippen LogP contribution in [-0.2, 0) is 23.7 Å². The van der Waals surface area contributed by atoms with Crippen molar-refractivity contribution in [1.29, 1.82) is 0 Å². The number of hydrogen-bond acceptors (Lipinski definition) is 6. The van der Waals surface area contributed by atoms with Crippen LogP contribution in [0.3, 0.4) is 0 Å². The van der Waals surface area contributed by atoms with Crippen molar-refractivity contribution in [3.63, 3.8) is 0 Å². The monoisotopic (exact) mass is 353 g/mol.